The van der Waals surface area contributed by atoms with Gasteiger partial charge in [-0.1, -0.05) is 6.07 Å². The summed E-state index contributed by atoms with van der Waals surface area (Å²) in [5.74, 6) is 1.27. The molecule has 1 N–H and O–H groups in total. The van der Waals surface area contributed by atoms with E-state index in [1.807, 2.05) is 40.0 Å². The minimum Gasteiger partial charge on any atom is -0.457 e. The fourth-order valence-corrected chi connectivity index (χ4v) is 2.37. The first kappa shape index (κ1) is 15.5. The Morgan fingerprint density at radius 1 is 1.00 bits per heavy atom. The molecule has 0 bridgehead atoms. The van der Waals surface area contributed by atoms with Crippen molar-refractivity contribution >= 4 is 0 Å². The Hall–Kier alpha value is -1.87. The summed E-state index contributed by atoms with van der Waals surface area (Å²) < 4.78 is 19.9. The van der Waals surface area contributed by atoms with Gasteiger partial charge in [0, 0.05) is 11.6 Å². The maximum Gasteiger partial charge on any atom is 0.132 e. The highest BCUT2D eigenvalue weighted by Gasteiger charge is 2.14. The largest absolute Gasteiger partial charge is 0.457 e. The number of benzene rings is 2. The van der Waals surface area contributed by atoms with Crippen molar-refractivity contribution < 1.29 is 9.13 Å². The summed E-state index contributed by atoms with van der Waals surface area (Å²) in [6.07, 6.45) is 0. The normalized spacial score (nSPS) is 12.3. The van der Waals surface area contributed by atoms with E-state index in [0.717, 1.165) is 22.4 Å². The molecule has 0 aliphatic carbocycles. The first-order valence-electron chi connectivity index (χ1n) is 7.14. The van der Waals surface area contributed by atoms with E-state index in [-0.39, 0.29) is 11.9 Å². The van der Waals surface area contributed by atoms with Crippen LogP contribution in [-0.2, 0) is 0 Å². The number of aryl methyl sites for hydroxylation is 3. The lowest BCUT2D eigenvalue weighted by molar-refractivity contribution is 0.461. The minimum absolute atomic E-state index is 0.0148. The van der Waals surface area contributed by atoms with Crippen molar-refractivity contribution in [2.45, 2.75) is 33.7 Å². The van der Waals surface area contributed by atoms with Crippen LogP contribution in [0.1, 0.15) is 35.2 Å². The number of ether oxygens (including phenoxy) is 1. The predicted octanol–water partition coefficient (Wildman–Crippen LogP) is 4.82. The molecule has 1 atom stereocenters. The zero-order valence-corrected chi connectivity index (χ0v) is 13.3. The second kappa shape index (κ2) is 6.27. The monoisotopic (exact) mass is 287 g/mol. The summed E-state index contributed by atoms with van der Waals surface area (Å²) in [6.45, 7) is 7.80. The third-order valence-corrected chi connectivity index (χ3v) is 3.61. The summed E-state index contributed by atoms with van der Waals surface area (Å²) in [7, 11) is 1.85. The molecule has 21 heavy (non-hydrogen) atoms. The van der Waals surface area contributed by atoms with Gasteiger partial charge >= 0.3 is 0 Å². The van der Waals surface area contributed by atoms with Crippen molar-refractivity contribution in [3.8, 4) is 11.5 Å². The lowest BCUT2D eigenvalue weighted by atomic mass is 10.0. The number of hydrogen-bond acceptors (Lipinski definition) is 2. The maximum absolute atomic E-state index is 13.8. The molecule has 0 saturated carbocycles. The molecule has 2 aromatic rings. The highest BCUT2D eigenvalue weighted by atomic mass is 19.1. The molecule has 1 unspecified atom stereocenters. The highest BCUT2D eigenvalue weighted by Crippen LogP contribution is 2.32. The minimum atomic E-state index is -0.208. The summed E-state index contributed by atoms with van der Waals surface area (Å²) in [6, 6.07) is 9.39. The maximum atomic E-state index is 13.8. The SMILES string of the molecule is CNC(C)c1cc(F)c(C)cc1Oc1cc(C)cc(C)c1. The zero-order valence-electron chi connectivity index (χ0n) is 13.3. The van der Waals surface area contributed by atoms with E-state index in [9.17, 15) is 4.39 Å². The van der Waals surface area contributed by atoms with Crippen molar-refractivity contribution in [1.82, 2.24) is 5.32 Å². The van der Waals surface area contributed by atoms with Crippen LogP contribution in [0.3, 0.4) is 0 Å². The number of hydrogen-bond donors (Lipinski definition) is 1. The van der Waals surface area contributed by atoms with Gasteiger partial charge in [-0.05, 0) is 75.7 Å². The van der Waals surface area contributed by atoms with Crippen molar-refractivity contribution in [3.63, 3.8) is 0 Å². The molecule has 112 valence electrons. The van der Waals surface area contributed by atoms with Gasteiger partial charge in [-0.25, -0.2) is 4.39 Å². The van der Waals surface area contributed by atoms with Crippen LogP contribution in [0.4, 0.5) is 4.39 Å². The average molecular weight is 287 g/mol. The van der Waals surface area contributed by atoms with Crippen molar-refractivity contribution in [2.75, 3.05) is 7.05 Å². The van der Waals surface area contributed by atoms with Gasteiger partial charge in [0.1, 0.15) is 17.3 Å². The van der Waals surface area contributed by atoms with Crippen LogP contribution >= 0.6 is 0 Å². The lowest BCUT2D eigenvalue weighted by Crippen LogP contribution is -2.13. The Kier molecular flexibility index (Phi) is 4.63. The van der Waals surface area contributed by atoms with Gasteiger partial charge in [0.05, 0.1) is 0 Å². The molecule has 0 aliphatic heterocycles. The molecule has 0 aliphatic rings. The summed E-state index contributed by atoms with van der Waals surface area (Å²) in [5, 5.41) is 3.13. The Morgan fingerprint density at radius 3 is 2.19 bits per heavy atom. The lowest BCUT2D eigenvalue weighted by Gasteiger charge is -2.18. The van der Waals surface area contributed by atoms with Gasteiger partial charge in [0.2, 0.25) is 0 Å². The van der Waals surface area contributed by atoms with Gasteiger partial charge in [-0.3, -0.25) is 0 Å². The highest BCUT2D eigenvalue weighted by molar-refractivity contribution is 5.44. The molecular formula is C18H22FNO. The molecule has 3 heteroatoms. The fourth-order valence-electron chi connectivity index (χ4n) is 2.37. The van der Waals surface area contributed by atoms with Gasteiger partial charge in [0.15, 0.2) is 0 Å². The van der Waals surface area contributed by atoms with Crippen LogP contribution in [0.2, 0.25) is 0 Å². The molecule has 0 saturated heterocycles. The van der Waals surface area contributed by atoms with E-state index in [4.69, 9.17) is 4.74 Å². The summed E-state index contributed by atoms with van der Waals surface area (Å²) in [5.41, 5.74) is 3.69. The molecule has 2 rings (SSSR count). The Labute approximate surface area is 126 Å². The van der Waals surface area contributed by atoms with Crippen LogP contribution in [0.5, 0.6) is 11.5 Å². The van der Waals surface area contributed by atoms with E-state index >= 15 is 0 Å². The Balaban J connectivity index is 2.44. The fraction of sp³-hybridized carbons (Fsp3) is 0.333. The summed E-state index contributed by atoms with van der Waals surface area (Å²) in [4.78, 5) is 0. The molecule has 0 radical (unpaired) electrons. The van der Waals surface area contributed by atoms with Gasteiger partial charge in [-0.15, -0.1) is 0 Å². The molecule has 2 aromatic carbocycles. The predicted molar refractivity (Wildman–Crippen MR) is 84.6 cm³/mol. The van der Waals surface area contributed by atoms with Crippen LogP contribution in [0.25, 0.3) is 0 Å². The molecular weight excluding hydrogens is 265 g/mol. The zero-order chi connectivity index (χ0) is 15.6. The van der Waals surface area contributed by atoms with Gasteiger partial charge in [0.25, 0.3) is 0 Å². The Bertz CT molecular complexity index is 632. The van der Waals surface area contributed by atoms with Crippen LogP contribution < -0.4 is 10.1 Å². The molecule has 0 spiro atoms. The number of rotatable bonds is 4. The number of halogens is 1. The summed E-state index contributed by atoms with van der Waals surface area (Å²) >= 11 is 0. The third-order valence-electron chi connectivity index (χ3n) is 3.61. The van der Waals surface area contributed by atoms with Gasteiger partial charge in [-0.2, -0.15) is 0 Å². The molecule has 2 nitrogen and oxygen atoms in total. The molecule has 0 fully saturated rings. The molecule has 0 aromatic heterocycles. The quantitative estimate of drug-likeness (QED) is 0.870. The van der Waals surface area contributed by atoms with E-state index in [1.54, 1.807) is 19.1 Å². The van der Waals surface area contributed by atoms with E-state index in [1.165, 1.54) is 0 Å². The first-order valence-corrected chi connectivity index (χ1v) is 7.14. The molecule has 0 amide bonds. The topological polar surface area (TPSA) is 21.3 Å². The van der Waals surface area contributed by atoms with Crippen molar-refractivity contribution in [3.05, 3.63) is 58.4 Å². The standard InChI is InChI=1S/C18H22FNO/c1-11-6-12(2)8-15(7-11)21-18-9-13(3)17(19)10-16(18)14(4)20-5/h6-10,14,20H,1-5H3. The second-order valence-corrected chi connectivity index (χ2v) is 5.58. The van der Waals surface area contributed by atoms with Crippen molar-refractivity contribution in [1.29, 1.82) is 0 Å². The van der Waals surface area contributed by atoms with E-state index in [2.05, 4.69) is 11.4 Å². The van der Waals surface area contributed by atoms with Crippen LogP contribution in [-0.4, -0.2) is 7.05 Å². The second-order valence-electron chi connectivity index (χ2n) is 5.58. The van der Waals surface area contributed by atoms with Crippen LogP contribution in [0, 0.1) is 26.6 Å². The third kappa shape index (κ3) is 3.61. The average Bonchev–Trinajstić information content (AvgIpc) is 2.40. The van der Waals surface area contributed by atoms with Gasteiger partial charge < -0.3 is 10.1 Å². The van der Waals surface area contributed by atoms with Crippen LogP contribution in [0.15, 0.2) is 30.3 Å². The first-order chi connectivity index (χ1) is 9.90. The number of nitrogens with one attached hydrogen (secondary N) is 1. The van der Waals surface area contributed by atoms with Crippen molar-refractivity contribution in [2.24, 2.45) is 0 Å². The Morgan fingerprint density at radius 2 is 1.62 bits per heavy atom. The van der Waals surface area contributed by atoms with E-state index < -0.39 is 0 Å². The molecule has 0 heterocycles. The smallest absolute Gasteiger partial charge is 0.132 e. The van der Waals surface area contributed by atoms with E-state index in [0.29, 0.717) is 11.3 Å².